The number of amides is 1. The van der Waals surface area contributed by atoms with Crippen molar-refractivity contribution in [3.63, 3.8) is 0 Å². The lowest BCUT2D eigenvalue weighted by Gasteiger charge is -2.18. The second-order valence-corrected chi connectivity index (χ2v) is 9.07. The second-order valence-electron chi connectivity index (χ2n) is 6.15. The van der Waals surface area contributed by atoms with Gasteiger partial charge in [0.05, 0.1) is 23.2 Å². The molecule has 6 nitrogen and oxygen atoms in total. The lowest BCUT2D eigenvalue weighted by atomic mass is 10.3. The molecule has 1 amide bonds. The average Bonchev–Trinajstić information content (AvgIpc) is 2.62. The molecule has 0 aromatic heterocycles. The van der Waals surface area contributed by atoms with Crippen LogP contribution in [0.1, 0.15) is 13.8 Å². The number of ether oxygens (including phenoxy) is 1. The van der Waals surface area contributed by atoms with E-state index in [1.165, 1.54) is 18.8 Å². The topological polar surface area (TPSA) is 75.7 Å². The first-order valence-electron chi connectivity index (χ1n) is 8.40. The average molecular weight is 409 g/mol. The van der Waals surface area contributed by atoms with Gasteiger partial charge in [-0.1, -0.05) is 12.1 Å². The predicted octanol–water partition coefficient (Wildman–Crippen LogP) is 3.45. The minimum absolute atomic E-state index is 0.0460. The maximum Gasteiger partial charge on any atom is 0.243 e. The van der Waals surface area contributed by atoms with Crippen LogP contribution in [0, 0.1) is 0 Å². The third kappa shape index (κ3) is 5.72. The number of likely N-dealkylation sites (N-methyl/N-ethyl adjacent to an activating group) is 1. The van der Waals surface area contributed by atoms with Crippen molar-refractivity contribution in [3.05, 3.63) is 48.5 Å². The molecule has 2 aromatic rings. The molecule has 27 heavy (non-hydrogen) atoms. The molecule has 1 N–H and O–H groups in total. The number of hydrogen-bond acceptors (Lipinski definition) is 5. The molecule has 2 rings (SSSR count). The molecular formula is C19H24N2O4S2. The smallest absolute Gasteiger partial charge is 0.243 e. The molecule has 0 saturated carbocycles. The number of sulfonamides is 1. The Hall–Kier alpha value is -2.03. The number of anilines is 1. The monoisotopic (exact) mass is 408 g/mol. The Kier molecular flexibility index (Phi) is 7.29. The van der Waals surface area contributed by atoms with E-state index >= 15 is 0 Å². The summed E-state index contributed by atoms with van der Waals surface area (Å²) in [7, 11) is -2.37. The second kappa shape index (κ2) is 9.25. The van der Waals surface area contributed by atoms with E-state index in [0.29, 0.717) is 11.4 Å². The molecule has 0 aliphatic rings. The van der Waals surface area contributed by atoms with Crippen molar-refractivity contribution in [2.75, 3.05) is 25.2 Å². The molecule has 2 aromatic carbocycles. The van der Waals surface area contributed by atoms with Gasteiger partial charge < -0.3 is 10.1 Å². The van der Waals surface area contributed by atoms with Gasteiger partial charge in [-0.25, -0.2) is 8.42 Å². The fourth-order valence-corrected chi connectivity index (χ4v) is 3.87. The number of carbonyl (C=O) groups is 1. The number of benzene rings is 2. The van der Waals surface area contributed by atoms with Crippen molar-refractivity contribution in [1.82, 2.24) is 4.31 Å². The summed E-state index contributed by atoms with van der Waals surface area (Å²) in [5.74, 6) is 0.0978. The highest BCUT2D eigenvalue weighted by atomic mass is 32.2. The van der Waals surface area contributed by atoms with Crippen LogP contribution < -0.4 is 10.1 Å². The molecule has 0 fully saturated rings. The van der Waals surface area contributed by atoms with Crippen molar-refractivity contribution < 1.29 is 17.9 Å². The minimum atomic E-state index is -3.75. The summed E-state index contributed by atoms with van der Waals surface area (Å²) in [5.41, 5.74) is 0.506. The van der Waals surface area contributed by atoms with E-state index in [9.17, 15) is 13.2 Å². The van der Waals surface area contributed by atoms with Crippen molar-refractivity contribution in [1.29, 1.82) is 0 Å². The maximum absolute atomic E-state index is 12.6. The van der Waals surface area contributed by atoms with Gasteiger partial charge in [0.2, 0.25) is 15.9 Å². The number of nitrogens with zero attached hydrogens (tertiary/aromatic N) is 1. The third-order valence-corrected chi connectivity index (χ3v) is 6.22. The minimum Gasteiger partial charge on any atom is -0.489 e. The van der Waals surface area contributed by atoms with Crippen LogP contribution in [0.3, 0.4) is 0 Å². The molecule has 0 heterocycles. The summed E-state index contributed by atoms with van der Waals surface area (Å²) < 4.78 is 32.0. The standard InChI is InChI=1S/C19H24N2O4S2/c1-14(2)25-18-8-6-5-7-17(18)20-19(22)13-21(3)27(23,24)16-11-9-15(26-4)10-12-16/h5-12,14H,13H2,1-4H3,(H,20,22). The highest BCUT2D eigenvalue weighted by Crippen LogP contribution is 2.25. The van der Waals surface area contributed by atoms with Crippen LogP contribution in [0.15, 0.2) is 58.3 Å². The highest BCUT2D eigenvalue weighted by Gasteiger charge is 2.23. The number of nitrogens with one attached hydrogen (secondary N) is 1. The van der Waals surface area contributed by atoms with Gasteiger partial charge in [0.15, 0.2) is 0 Å². The van der Waals surface area contributed by atoms with Gasteiger partial charge in [-0.3, -0.25) is 4.79 Å². The van der Waals surface area contributed by atoms with E-state index in [-0.39, 0.29) is 17.5 Å². The fraction of sp³-hybridized carbons (Fsp3) is 0.316. The van der Waals surface area contributed by atoms with Crippen molar-refractivity contribution in [3.8, 4) is 5.75 Å². The third-order valence-electron chi connectivity index (χ3n) is 3.66. The quantitative estimate of drug-likeness (QED) is 0.677. The van der Waals surface area contributed by atoms with E-state index < -0.39 is 15.9 Å². The zero-order chi connectivity index (χ0) is 20.0. The molecule has 0 unspecified atom stereocenters. The van der Waals surface area contributed by atoms with E-state index in [0.717, 1.165) is 9.20 Å². The number of rotatable bonds is 8. The summed E-state index contributed by atoms with van der Waals surface area (Å²) >= 11 is 1.53. The SMILES string of the molecule is CSc1ccc(S(=O)(=O)N(C)CC(=O)Nc2ccccc2OC(C)C)cc1. The van der Waals surface area contributed by atoms with Crippen LogP contribution in [-0.4, -0.2) is 44.6 Å². The van der Waals surface area contributed by atoms with Crippen LogP contribution in [-0.2, 0) is 14.8 Å². The Balaban J connectivity index is 2.08. The molecular weight excluding hydrogens is 384 g/mol. The Morgan fingerprint density at radius 1 is 1.15 bits per heavy atom. The Morgan fingerprint density at radius 2 is 1.78 bits per heavy atom. The Morgan fingerprint density at radius 3 is 2.37 bits per heavy atom. The molecule has 146 valence electrons. The first-order chi connectivity index (χ1) is 12.7. The molecule has 8 heteroatoms. The number of carbonyl (C=O) groups excluding carboxylic acids is 1. The summed E-state index contributed by atoms with van der Waals surface area (Å²) in [6, 6.07) is 13.6. The lowest BCUT2D eigenvalue weighted by molar-refractivity contribution is -0.116. The van der Waals surface area contributed by atoms with Gasteiger partial charge in [-0.05, 0) is 56.5 Å². The zero-order valence-corrected chi connectivity index (χ0v) is 17.4. The number of thioether (sulfide) groups is 1. The molecule has 0 atom stereocenters. The van der Waals surface area contributed by atoms with Crippen LogP contribution in [0.25, 0.3) is 0 Å². The molecule has 0 spiro atoms. The summed E-state index contributed by atoms with van der Waals surface area (Å²) in [4.78, 5) is 13.5. The molecule has 0 saturated heterocycles. The van der Waals surface area contributed by atoms with E-state index in [1.54, 1.807) is 42.5 Å². The number of hydrogen-bond donors (Lipinski definition) is 1. The Bertz CT molecular complexity index is 881. The largest absolute Gasteiger partial charge is 0.489 e. The van der Waals surface area contributed by atoms with Gasteiger partial charge in [0.25, 0.3) is 0 Å². The highest BCUT2D eigenvalue weighted by molar-refractivity contribution is 7.98. The van der Waals surface area contributed by atoms with Crippen molar-refractivity contribution >= 4 is 33.4 Å². The van der Waals surface area contributed by atoms with Crippen LogP contribution >= 0.6 is 11.8 Å². The lowest BCUT2D eigenvalue weighted by Crippen LogP contribution is -2.35. The first-order valence-corrected chi connectivity index (χ1v) is 11.1. The Labute approximate surface area is 165 Å². The van der Waals surface area contributed by atoms with Gasteiger partial charge in [-0.2, -0.15) is 4.31 Å². The van der Waals surface area contributed by atoms with Gasteiger partial charge in [0.1, 0.15) is 5.75 Å². The van der Waals surface area contributed by atoms with Crippen molar-refractivity contribution in [2.45, 2.75) is 29.7 Å². The van der Waals surface area contributed by atoms with Gasteiger partial charge in [-0.15, -0.1) is 11.8 Å². The van der Waals surface area contributed by atoms with Gasteiger partial charge >= 0.3 is 0 Å². The summed E-state index contributed by atoms with van der Waals surface area (Å²) in [5, 5.41) is 2.72. The zero-order valence-electron chi connectivity index (χ0n) is 15.8. The van der Waals surface area contributed by atoms with E-state index in [1.807, 2.05) is 26.2 Å². The molecule has 0 aliphatic heterocycles. The first kappa shape index (κ1) is 21.3. The predicted molar refractivity (Wildman–Crippen MR) is 109 cm³/mol. The maximum atomic E-state index is 12.6. The molecule has 0 radical (unpaired) electrons. The summed E-state index contributed by atoms with van der Waals surface area (Å²) in [6.07, 6.45) is 1.87. The molecule has 0 bridgehead atoms. The van der Waals surface area contributed by atoms with Crippen LogP contribution in [0.4, 0.5) is 5.69 Å². The molecule has 0 aliphatic carbocycles. The van der Waals surface area contributed by atoms with E-state index in [2.05, 4.69) is 5.32 Å². The van der Waals surface area contributed by atoms with Crippen molar-refractivity contribution in [2.24, 2.45) is 0 Å². The van der Waals surface area contributed by atoms with E-state index in [4.69, 9.17) is 4.74 Å². The van der Waals surface area contributed by atoms with Crippen LogP contribution in [0.5, 0.6) is 5.75 Å². The number of para-hydroxylation sites is 2. The van der Waals surface area contributed by atoms with Gasteiger partial charge in [0, 0.05) is 11.9 Å². The summed E-state index contributed by atoms with van der Waals surface area (Å²) in [6.45, 7) is 3.48. The van der Waals surface area contributed by atoms with Crippen LogP contribution in [0.2, 0.25) is 0 Å². The normalized spacial score (nSPS) is 11.6. The fourth-order valence-electron chi connectivity index (χ4n) is 2.33.